The number of carbonyl (C=O) groups excluding carboxylic acids is 1. The lowest BCUT2D eigenvalue weighted by molar-refractivity contribution is 0.111. The van der Waals surface area contributed by atoms with Crippen molar-refractivity contribution in [1.29, 1.82) is 0 Å². The van der Waals surface area contributed by atoms with Crippen molar-refractivity contribution < 1.29 is 14.6 Å². The van der Waals surface area contributed by atoms with Gasteiger partial charge in [0, 0.05) is 5.39 Å². The van der Waals surface area contributed by atoms with Crippen LogP contribution in [0.2, 0.25) is 0 Å². The predicted molar refractivity (Wildman–Crippen MR) is 87.4 cm³/mol. The molecule has 0 fully saturated rings. The van der Waals surface area contributed by atoms with Crippen molar-refractivity contribution >= 4 is 17.2 Å². The van der Waals surface area contributed by atoms with Gasteiger partial charge in [-0.05, 0) is 29.8 Å². The van der Waals surface area contributed by atoms with Gasteiger partial charge in [-0.15, -0.1) is 0 Å². The van der Waals surface area contributed by atoms with Gasteiger partial charge in [-0.3, -0.25) is 9.59 Å². The first kappa shape index (κ1) is 14.8. The molecule has 1 aromatic heterocycles. The van der Waals surface area contributed by atoms with Gasteiger partial charge in [0.15, 0.2) is 6.29 Å². The maximum absolute atomic E-state index is 12.5. The van der Waals surface area contributed by atoms with Crippen molar-refractivity contribution in [2.45, 2.75) is 6.54 Å². The molecule has 0 unspecified atom stereocenters. The average Bonchev–Trinajstić information content (AvgIpc) is 2.59. The van der Waals surface area contributed by atoms with E-state index in [4.69, 9.17) is 4.74 Å². The van der Waals surface area contributed by atoms with Crippen LogP contribution in [0.4, 0.5) is 0 Å². The summed E-state index contributed by atoms with van der Waals surface area (Å²) >= 11 is 0. The molecule has 5 heteroatoms. The molecule has 0 aliphatic carbocycles. The van der Waals surface area contributed by atoms with Gasteiger partial charge in [0.1, 0.15) is 17.1 Å². The normalized spacial score (nSPS) is 10.7. The van der Waals surface area contributed by atoms with Crippen molar-refractivity contribution in [3.8, 4) is 11.5 Å². The first-order valence-corrected chi connectivity index (χ1v) is 7.08. The summed E-state index contributed by atoms with van der Waals surface area (Å²) in [7, 11) is 1.59. The largest absolute Gasteiger partial charge is 0.506 e. The minimum Gasteiger partial charge on any atom is -0.506 e. The summed E-state index contributed by atoms with van der Waals surface area (Å²) in [5, 5.41) is 10.6. The zero-order valence-corrected chi connectivity index (χ0v) is 12.5. The maximum Gasteiger partial charge on any atom is 0.265 e. The number of fused-ring (bicyclic) bond motifs is 1. The summed E-state index contributed by atoms with van der Waals surface area (Å²) in [4.78, 5) is 23.7. The molecule has 0 radical (unpaired) electrons. The zero-order chi connectivity index (χ0) is 16.4. The lowest BCUT2D eigenvalue weighted by atomic mass is 10.1. The van der Waals surface area contributed by atoms with Gasteiger partial charge in [0.2, 0.25) is 0 Å². The molecule has 0 aliphatic rings. The Morgan fingerprint density at radius 2 is 1.83 bits per heavy atom. The van der Waals surface area contributed by atoms with Crippen molar-refractivity contribution in [2.24, 2.45) is 0 Å². The van der Waals surface area contributed by atoms with E-state index in [9.17, 15) is 14.7 Å². The molecule has 2 aromatic carbocycles. The van der Waals surface area contributed by atoms with Crippen LogP contribution in [0, 0.1) is 0 Å². The number of rotatable bonds is 4. The SMILES string of the molecule is COc1ccc(Cn2c(=O)c(C=O)c(O)c3ccccc32)cc1. The van der Waals surface area contributed by atoms with Crippen LogP contribution in [0.15, 0.2) is 53.3 Å². The number of benzene rings is 2. The Labute approximate surface area is 132 Å². The molecular formula is C18H15NO4. The second kappa shape index (κ2) is 5.96. The van der Waals surface area contributed by atoms with Crippen LogP contribution >= 0.6 is 0 Å². The Morgan fingerprint density at radius 3 is 2.48 bits per heavy atom. The number of methoxy groups -OCH3 is 1. The number of aromatic nitrogens is 1. The molecule has 1 heterocycles. The van der Waals surface area contributed by atoms with Crippen LogP contribution in [0.5, 0.6) is 11.5 Å². The van der Waals surface area contributed by atoms with Crippen LogP contribution in [0.25, 0.3) is 10.9 Å². The minimum atomic E-state index is -0.507. The van der Waals surface area contributed by atoms with Gasteiger partial charge in [0.25, 0.3) is 5.56 Å². The third-order valence-corrected chi connectivity index (χ3v) is 3.80. The first-order chi connectivity index (χ1) is 11.2. The van der Waals surface area contributed by atoms with E-state index < -0.39 is 5.56 Å². The Morgan fingerprint density at radius 1 is 1.13 bits per heavy atom. The molecule has 0 atom stereocenters. The highest BCUT2D eigenvalue weighted by atomic mass is 16.5. The monoisotopic (exact) mass is 309 g/mol. The van der Waals surface area contributed by atoms with Crippen molar-refractivity contribution in [3.05, 3.63) is 70.0 Å². The topological polar surface area (TPSA) is 68.5 Å². The van der Waals surface area contributed by atoms with Crippen LogP contribution in [0.1, 0.15) is 15.9 Å². The van der Waals surface area contributed by atoms with Crippen molar-refractivity contribution in [3.63, 3.8) is 0 Å². The van der Waals surface area contributed by atoms with E-state index in [1.54, 1.807) is 31.4 Å². The Kier molecular flexibility index (Phi) is 3.85. The molecule has 5 nitrogen and oxygen atoms in total. The quantitative estimate of drug-likeness (QED) is 0.752. The molecule has 0 amide bonds. The van der Waals surface area contributed by atoms with Crippen LogP contribution in [0.3, 0.4) is 0 Å². The first-order valence-electron chi connectivity index (χ1n) is 7.08. The Balaban J connectivity index is 2.19. The van der Waals surface area contributed by atoms with Crippen molar-refractivity contribution in [2.75, 3.05) is 7.11 Å². The number of hydrogen-bond donors (Lipinski definition) is 1. The summed E-state index contributed by atoms with van der Waals surface area (Å²) in [5.41, 5.74) is 0.737. The van der Waals surface area contributed by atoms with E-state index >= 15 is 0 Å². The van der Waals surface area contributed by atoms with Gasteiger partial charge < -0.3 is 14.4 Å². The minimum absolute atomic E-state index is 0.225. The number of carbonyl (C=O) groups is 1. The van der Waals surface area contributed by atoms with E-state index in [-0.39, 0.29) is 11.3 Å². The molecular weight excluding hydrogens is 294 g/mol. The van der Waals surface area contributed by atoms with E-state index in [1.807, 2.05) is 24.3 Å². The fourth-order valence-electron chi connectivity index (χ4n) is 2.59. The highest BCUT2D eigenvalue weighted by Gasteiger charge is 2.15. The van der Waals surface area contributed by atoms with Gasteiger partial charge >= 0.3 is 0 Å². The molecule has 116 valence electrons. The second-order valence-corrected chi connectivity index (χ2v) is 5.14. The number of para-hydroxylation sites is 1. The second-order valence-electron chi connectivity index (χ2n) is 5.14. The number of ether oxygens (including phenoxy) is 1. The Hall–Kier alpha value is -3.08. The molecule has 23 heavy (non-hydrogen) atoms. The molecule has 0 spiro atoms. The third kappa shape index (κ3) is 2.57. The lowest BCUT2D eigenvalue weighted by Gasteiger charge is -2.13. The summed E-state index contributed by atoms with van der Waals surface area (Å²) in [6, 6.07) is 14.3. The Bertz CT molecular complexity index is 926. The van der Waals surface area contributed by atoms with E-state index in [2.05, 4.69) is 0 Å². The summed E-state index contributed by atoms with van der Waals surface area (Å²) in [6.45, 7) is 0.296. The summed E-state index contributed by atoms with van der Waals surface area (Å²) < 4.78 is 6.60. The molecule has 0 saturated heterocycles. The molecule has 0 bridgehead atoms. The van der Waals surface area contributed by atoms with Crippen molar-refractivity contribution in [1.82, 2.24) is 4.57 Å². The van der Waals surface area contributed by atoms with Gasteiger partial charge in [-0.1, -0.05) is 24.3 Å². The number of aldehydes is 1. The standard InChI is InChI=1S/C18H15NO4/c1-23-13-8-6-12(7-9-13)10-19-16-5-3-2-4-14(16)17(21)15(11-20)18(19)22/h2-9,11,21H,10H2,1H3. The van der Waals surface area contributed by atoms with Crippen LogP contribution in [-0.2, 0) is 6.54 Å². The molecule has 0 saturated carbocycles. The summed E-state index contributed by atoms with van der Waals surface area (Å²) in [6.07, 6.45) is 0.397. The number of nitrogens with zero attached hydrogens (tertiary/aromatic N) is 1. The van der Waals surface area contributed by atoms with Gasteiger partial charge in [-0.25, -0.2) is 0 Å². The molecule has 1 N–H and O–H groups in total. The highest BCUT2D eigenvalue weighted by molar-refractivity contribution is 5.93. The zero-order valence-electron chi connectivity index (χ0n) is 12.5. The van der Waals surface area contributed by atoms with E-state index in [0.717, 1.165) is 11.3 Å². The maximum atomic E-state index is 12.5. The summed E-state index contributed by atoms with van der Waals surface area (Å²) in [5.74, 6) is 0.455. The fourth-order valence-corrected chi connectivity index (χ4v) is 2.59. The predicted octanol–water partition coefficient (Wildman–Crippen LogP) is 2.58. The van der Waals surface area contributed by atoms with E-state index in [1.165, 1.54) is 4.57 Å². The van der Waals surface area contributed by atoms with Crippen LogP contribution in [-0.4, -0.2) is 23.1 Å². The van der Waals surface area contributed by atoms with Gasteiger partial charge in [-0.2, -0.15) is 0 Å². The van der Waals surface area contributed by atoms with Gasteiger partial charge in [0.05, 0.1) is 19.2 Å². The smallest absolute Gasteiger partial charge is 0.265 e. The fraction of sp³-hybridized carbons (Fsp3) is 0.111. The van der Waals surface area contributed by atoms with Crippen LogP contribution < -0.4 is 10.3 Å². The van der Waals surface area contributed by atoms with E-state index in [0.29, 0.717) is 23.7 Å². The third-order valence-electron chi connectivity index (χ3n) is 3.80. The molecule has 3 rings (SSSR count). The average molecular weight is 309 g/mol. The lowest BCUT2D eigenvalue weighted by Crippen LogP contribution is -2.24. The molecule has 0 aliphatic heterocycles. The number of pyridine rings is 1. The number of aromatic hydroxyl groups is 1. The highest BCUT2D eigenvalue weighted by Crippen LogP contribution is 2.25. The molecule has 3 aromatic rings. The number of hydrogen-bond acceptors (Lipinski definition) is 4.